The lowest BCUT2D eigenvalue weighted by molar-refractivity contribution is -0.136. The molecule has 3 fully saturated rings. The number of carbonyl (C=O) groups is 1. The van der Waals surface area contributed by atoms with Gasteiger partial charge >= 0.3 is 0 Å². The minimum Gasteiger partial charge on any atom is -0.368 e. The van der Waals surface area contributed by atoms with Gasteiger partial charge < -0.3 is 15.5 Å². The molecule has 0 spiro atoms. The molecule has 7 heteroatoms. The number of nitrogens with zero attached hydrogens (tertiary/aromatic N) is 5. The van der Waals surface area contributed by atoms with Crippen LogP contribution in [0.1, 0.15) is 44.2 Å². The summed E-state index contributed by atoms with van der Waals surface area (Å²) in [4.78, 5) is 28.4. The number of nitrogen functional groups attached to an aromatic ring is 1. The van der Waals surface area contributed by atoms with E-state index in [-0.39, 0.29) is 5.92 Å². The Hall–Kier alpha value is -1.89. The molecule has 3 aliphatic rings. The molecule has 148 valence electrons. The summed E-state index contributed by atoms with van der Waals surface area (Å²) in [6, 6.07) is 2.60. The highest BCUT2D eigenvalue weighted by molar-refractivity contribution is 5.79. The van der Waals surface area contributed by atoms with Gasteiger partial charge in [0.05, 0.1) is 5.92 Å². The summed E-state index contributed by atoms with van der Waals surface area (Å²) in [7, 11) is 0. The highest BCUT2D eigenvalue weighted by atomic mass is 16.2. The van der Waals surface area contributed by atoms with Crippen molar-refractivity contribution in [3.63, 3.8) is 0 Å². The molecule has 1 aromatic rings. The molecule has 2 N–H and O–H groups in total. The van der Waals surface area contributed by atoms with E-state index in [0.29, 0.717) is 17.9 Å². The van der Waals surface area contributed by atoms with Crippen molar-refractivity contribution < 1.29 is 4.79 Å². The smallest absolute Gasteiger partial charge is 0.226 e. The molecule has 0 aliphatic carbocycles. The molecular formula is C20H32N6O. The minimum absolute atomic E-state index is 0.208. The van der Waals surface area contributed by atoms with Crippen LogP contribution in [0.5, 0.6) is 0 Å². The van der Waals surface area contributed by atoms with Gasteiger partial charge in [-0.15, -0.1) is 0 Å². The second kappa shape index (κ2) is 8.00. The standard InChI is InChI=1S/C20H32N6O/c1-15-13-18(23-20(21)22-15)24-11-6-17(7-12-24)26-10-4-5-16(14-26)19(27)25-8-2-3-9-25/h13,16-17H,2-12,14H2,1H3,(H2,21,22,23). The molecule has 1 atom stereocenters. The number of amides is 1. The van der Waals surface area contributed by atoms with Gasteiger partial charge in [0.1, 0.15) is 5.82 Å². The van der Waals surface area contributed by atoms with Crippen LogP contribution in [-0.4, -0.2) is 71.0 Å². The molecule has 1 aromatic heterocycles. The molecule has 7 nitrogen and oxygen atoms in total. The lowest BCUT2D eigenvalue weighted by atomic mass is 9.93. The third-order valence-electron chi connectivity index (χ3n) is 6.38. The van der Waals surface area contributed by atoms with E-state index in [4.69, 9.17) is 5.73 Å². The molecule has 1 unspecified atom stereocenters. The second-order valence-corrected chi connectivity index (χ2v) is 8.31. The van der Waals surface area contributed by atoms with Crippen molar-refractivity contribution in [2.24, 2.45) is 5.92 Å². The average Bonchev–Trinajstić information content (AvgIpc) is 3.22. The first kappa shape index (κ1) is 18.5. The number of nitrogens with two attached hydrogens (primary N) is 1. The fourth-order valence-corrected chi connectivity index (χ4v) is 4.93. The number of rotatable bonds is 3. The van der Waals surface area contributed by atoms with Crippen LogP contribution < -0.4 is 10.6 Å². The van der Waals surface area contributed by atoms with Gasteiger partial charge in [0.2, 0.25) is 11.9 Å². The Morgan fingerprint density at radius 1 is 1.04 bits per heavy atom. The largest absolute Gasteiger partial charge is 0.368 e. The molecule has 1 amide bonds. The molecule has 4 heterocycles. The highest BCUT2D eigenvalue weighted by Gasteiger charge is 2.34. The summed E-state index contributed by atoms with van der Waals surface area (Å²) < 4.78 is 0. The van der Waals surface area contributed by atoms with Gasteiger partial charge in [0.15, 0.2) is 0 Å². The number of hydrogen-bond acceptors (Lipinski definition) is 6. The van der Waals surface area contributed by atoms with Gasteiger partial charge in [0, 0.05) is 50.5 Å². The van der Waals surface area contributed by atoms with E-state index in [1.165, 1.54) is 12.8 Å². The van der Waals surface area contributed by atoms with Crippen molar-refractivity contribution in [1.29, 1.82) is 0 Å². The van der Waals surface area contributed by atoms with Crippen LogP contribution in [0.15, 0.2) is 6.07 Å². The van der Waals surface area contributed by atoms with Crippen LogP contribution in [0, 0.1) is 12.8 Å². The molecule has 27 heavy (non-hydrogen) atoms. The number of piperidine rings is 2. The summed E-state index contributed by atoms with van der Waals surface area (Å²) >= 11 is 0. The summed E-state index contributed by atoms with van der Waals surface area (Å²) in [6.45, 7) is 7.95. The number of carbonyl (C=O) groups excluding carboxylic acids is 1. The molecular weight excluding hydrogens is 340 g/mol. The van der Waals surface area contributed by atoms with E-state index in [0.717, 1.165) is 76.5 Å². The van der Waals surface area contributed by atoms with Crippen LogP contribution in [-0.2, 0) is 4.79 Å². The van der Waals surface area contributed by atoms with Gasteiger partial charge in [-0.25, -0.2) is 4.98 Å². The lowest BCUT2D eigenvalue weighted by Gasteiger charge is -2.42. The topological polar surface area (TPSA) is 78.6 Å². The van der Waals surface area contributed by atoms with E-state index < -0.39 is 0 Å². The average molecular weight is 373 g/mol. The summed E-state index contributed by atoms with van der Waals surface area (Å²) in [6.07, 6.45) is 6.79. The normalized spacial score (nSPS) is 25.1. The third kappa shape index (κ3) is 4.18. The van der Waals surface area contributed by atoms with E-state index in [1.54, 1.807) is 0 Å². The molecule has 3 aliphatic heterocycles. The van der Waals surface area contributed by atoms with Crippen LogP contribution in [0.2, 0.25) is 0 Å². The zero-order valence-corrected chi connectivity index (χ0v) is 16.4. The Morgan fingerprint density at radius 2 is 1.78 bits per heavy atom. The van der Waals surface area contributed by atoms with Crippen LogP contribution >= 0.6 is 0 Å². The Balaban J connectivity index is 1.33. The summed E-state index contributed by atoms with van der Waals surface area (Å²) in [5.74, 6) is 1.91. The summed E-state index contributed by atoms with van der Waals surface area (Å²) in [5.41, 5.74) is 6.73. The quantitative estimate of drug-likeness (QED) is 0.870. The maximum atomic E-state index is 12.8. The summed E-state index contributed by atoms with van der Waals surface area (Å²) in [5, 5.41) is 0. The highest BCUT2D eigenvalue weighted by Crippen LogP contribution is 2.27. The molecule has 0 bridgehead atoms. The SMILES string of the molecule is Cc1cc(N2CCC(N3CCCC(C(=O)N4CCCC4)C3)CC2)nc(N)n1. The predicted octanol–water partition coefficient (Wildman–Crippen LogP) is 1.67. The monoisotopic (exact) mass is 372 g/mol. The third-order valence-corrected chi connectivity index (χ3v) is 6.38. The van der Waals surface area contributed by atoms with E-state index in [9.17, 15) is 4.79 Å². The van der Waals surface area contributed by atoms with Gasteiger partial charge in [-0.2, -0.15) is 4.98 Å². The maximum absolute atomic E-state index is 12.8. The number of anilines is 2. The molecule has 0 radical (unpaired) electrons. The minimum atomic E-state index is 0.208. The molecule has 0 saturated carbocycles. The Kier molecular flexibility index (Phi) is 5.48. The van der Waals surface area contributed by atoms with E-state index in [1.807, 2.05) is 13.0 Å². The maximum Gasteiger partial charge on any atom is 0.226 e. The zero-order chi connectivity index (χ0) is 18.8. The van der Waals surface area contributed by atoms with Gasteiger partial charge in [0.25, 0.3) is 0 Å². The molecule has 3 saturated heterocycles. The van der Waals surface area contributed by atoms with Crippen molar-refractivity contribution in [2.45, 2.75) is 51.5 Å². The van der Waals surface area contributed by atoms with E-state index in [2.05, 4.69) is 24.7 Å². The Bertz CT molecular complexity index is 646. The first-order valence-electron chi connectivity index (χ1n) is 10.5. The van der Waals surface area contributed by atoms with Gasteiger partial charge in [-0.3, -0.25) is 9.69 Å². The lowest BCUT2D eigenvalue weighted by Crippen LogP contribution is -2.51. The van der Waals surface area contributed by atoms with Crippen molar-refractivity contribution in [1.82, 2.24) is 19.8 Å². The van der Waals surface area contributed by atoms with Crippen molar-refractivity contribution >= 4 is 17.7 Å². The Labute approximate surface area is 161 Å². The number of hydrogen-bond donors (Lipinski definition) is 1. The number of aryl methyl sites for hydroxylation is 1. The number of aromatic nitrogens is 2. The Morgan fingerprint density at radius 3 is 2.48 bits per heavy atom. The molecule has 4 rings (SSSR count). The van der Waals surface area contributed by atoms with Crippen molar-refractivity contribution in [3.8, 4) is 0 Å². The van der Waals surface area contributed by atoms with Crippen molar-refractivity contribution in [3.05, 3.63) is 11.8 Å². The first-order valence-corrected chi connectivity index (χ1v) is 10.5. The predicted molar refractivity (Wildman–Crippen MR) is 107 cm³/mol. The van der Waals surface area contributed by atoms with Crippen LogP contribution in [0.3, 0.4) is 0 Å². The second-order valence-electron chi connectivity index (χ2n) is 8.31. The van der Waals surface area contributed by atoms with Crippen LogP contribution in [0.25, 0.3) is 0 Å². The van der Waals surface area contributed by atoms with Gasteiger partial charge in [-0.05, 0) is 52.0 Å². The number of likely N-dealkylation sites (tertiary alicyclic amines) is 2. The molecule has 0 aromatic carbocycles. The van der Waals surface area contributed by atoms with E-state index >= 15 is 0 Å². The fourth-order valence-electron chi connectivity index (χ4n) is 4.93. The van der Waals surface area contributed by atoms with Gasteiger partial charge in [-0.1, -0.05) is 0 Å². The fraction of sp³-hybridized carbons (Fsp3) is 0.750. The van der Waals surface area contributed by atoms with Crippen LogP contribution in [0.4, 0.5) is 11.8 Å². The first-order chi connectivity index (χ1) is 13.1. The van der Waals surface area contributed by atoms with Crippen molar-refractivity contribution in [2.75, 3.05) is 49.9 Å². The zero-order valence-electron chi connectivity index (χ0n) is 16.4.